The van der Waals surface area contributed by atoms with Crippen molar-refractivity contribution in [1.29, 1.82) is 0 Å². The number of nitrogens with two attached hydrogens (primary N) is 3. The first kappa shape index (κ1) is 33.2. The Morgan fingerprint density at radius 1 is 0.805 bits per heavy atom. The number of unbranched alkanes of at least 4 members (excludes halogenated alkanes) is 2. The van der Waals surface area contributed by atoms with Crippen molar-refractivity contribution in [2.45, 2.75) is 75.5 Å². The lowest BCUT2D eigenvalue weighted by Gasteiger charge is -2.25. The fourth-order valence-corrected chi connectivity index (χ4v) is 4.12. The Morgan fingerprint density at radius 2 is 1.39 bits per heavy atom. The largest absolute Gasteiger partial charge is 0.508 e. The molecule has 0 saturated heterocycles. The third kappa shape index (κ3) is 11.9. The van der Waals surface area contributed by atoms with Gasteiger partial charge < -0.3 is 48.3 Å². The highest BCUT2D eigenvalue weighted by atomic mass is 16.4. The number of imidazole rings is 1. The van der Waals surface area contributed by atoms with Crippen LogP contribution in [0.1, 0.15) is 49.8 Å². The van der Waals surface area contributed by atoms with Gasteiger partial charge in [-0.2, -0.15) is 0 Å². The van der Waals surface area contributed by atoms with Gasteiger partial charge in [-0.3, -0.25) is 14.4 Å². The number of amides is 3. The van der Waals surface area contributed by atoms with Crippen LogP contribution in [0.3, 0.4) is 0 Å². The van der Waals surface area contributed by atoms with Crippen molar-refractivity contribution in [1.82, 2.24) is 25.9 Å². The molecule has 0 fully saturated rings. The molecular formula is C27H42N8O6. The average Bonchev–Trinajstić information content (AvgIpc) is 3.46. The van der Waals surface area contributed by atoms with Gasteiger partial charge in [0.15, 0.2) is 0 Å². The van der Waals surface area contributed by atoms with Gasteiger partial charge in [0.05, 0.1) is 12.4 Å². The van der Waals surface area contributed by atoms with Crippen LogP contribution in [0.25, 0.3) is 0 Å². The molecule has 3 amide bonds. The molecule has 4 unspecified atom stereocenters. The van der Waals surface area contributed by atoms with Gasteiger partial charge in [0, 0.05) is 24.7 Å². The third-order valence-corrected chi connectivity index (χ3v) is 6.49. The topological polar surface area (TPSA) is 252 Å². The molecule has 0 spiro atoms. The lowest BCUT2D eigenvalue weighted by Crippen LogP contribution is -2.57. The van der Waals surface area contributed by atoms with Gasteiger partial charge in [0.2, 0.25) is 17.7 Å². The number of aromatic hydroxyl groups is 1. The van der Waals surface area contributed by atoms with Gasteiger partial charge in [-0.05, 0) is 62.9 Å². The second-order valence-electron chi connectivity index (χ2n) is 9.85. The van der Waals surface area contributed by atoms with Gasteiger partial charge >= 0.3 is 5.97 Å². The van der Waals surface area contributed by atoms with Crippen LogP contribution in [-0.4, -0.2) is 81.1 Å². The SMILES string of the molecule is NCCCCC(N)C(=O)NC(Cc1ccc(O)cc1)C(=O)NC(CCCCN)C(=O)NC(Cc1cnc[nH]1)C(=O)O. The van der Waals surface area contributed by atoms with Crippen molar-refractivity contribution in [3.05, 3.63) is 48.0 Å². The molecule has 2 rings (SSSR count). The number of nitrogens with zero attached hydrogens (tertiary/aromatic N) is 1. The molecule has 0 bridgehead atoms. The average molecular weight is 575 g/mol. The molecule has 14 heteroatoms. The number of rotatable bonds is 19. The maximum Gasteiger partial charge on any atom is 0.326 e. The Morgan fingerprint density at radius 3 is 1.98 bits per heavy atom. The Balaban J connectivity index is 2.20. The minimum Gasteiger partial charge on any atom is -0.508 e. The molecular weight excluding hydrogens is 532 g/mol. The lowest BCUT2D eigenvalue weighted by molar-refractivity contribution is -0.142. The van der Waals surface area contributed by atoms with E-state index < -0.39 is 47.9 Å². The monoisotopic (exact) mass is 574 g/mol. The number of H-pyrrole nitrogens is 1. The van der Waals surface area contributed by atoms with Crippen molar-refractivity contribution in [3.8, 4) is 5.75 Å². The fraction of sp³-hybridized carbons (Fsp3) is 0.519. The number of carbonyl (C=O) groups is 4. The number of phenols is 1. The summed E-state index contributed by atoms with van der Waals surface area (Å²) in [5.41, 5.74) is 18.3. The van der Waals surface area contributed by atoms with Gasteiger partial charge in [-0.1, -0.05) is 18.6 Å². The zero-order valence-corrected chi connectivity index (χ0v) is 23.1. The van der Waals surface area contributed by atoms with E-state index in [0.29, 0.717) is 56.5 Å². The van der Waals surface area contributed by atoms with Crippen LogP contribution in [0.5, 0.6) is 5.75 Å². The van der Waals surface area contributed by atoms with Crippen LogP contribution in [-0.2, 0) is 32.0 Å². The zero-order valence-electron chi connectivity index (χ0n) is 23.1. The summed E-state index contributed by atoms with van der Waals surface area (Å²) in [5, 5.41) is 27.1. The summed E-state index contributed by atoms with van der Waals surface area (Å²) >= 11 is 0. The van der Waals surface area contributed by atoms with E-state index in [0.717, 1.165) is 0 Å². The summed E-state index contributed by atoms with van der Waals surface area (Å²) in [4.78, 5) is 58.1. The first-order valence-corrected chi connectivity index (χ1v) is 13.7. The fourth-order valence-electron chi connectivity index (χ4n) is 4.12. The number of aromatic amines is 1. The molecule has 12 N–H and O–H groups in total. The Kier molecular flexibility index (Phi) is 14.3. The van der Waals surface area contributed by atoms with Gasteiger partial charge in [0.25, 0.3) is 0 Å². The number of carboxylic acid groups (broad SMARTS) is 1. The summed E-state index contributed by atoms with van der Waals surface area (Å²) in [6.45, 7) is 0.847. The number of hydrogen-bond acceptors (Lipinski definition) is 9. The van der Waals surface area contributed by atoms with Crippen molar-refractivity contribution in [3.63, 3.8) is 0 Å². The van der Waals surface area contributed by atoms with Crippen molar-refractivity contribution in [2.75, 3.05) is 13.1 Å². The maximum atomic E-state index is 13.5. The van der Waals surface area contributed by atoms with Crippen LogP contribution in [0.2, 0.25) is 0 Å². The predicted octanol–water partition coefficient (Wildman–Crippen LogP) is -0.975. The minimum atomic E-state index is -1.27. The summed E-state index contributed by atoms with van der Waals surface area (Å²) in [5.74, 6) is -3.07. The Hall–Kier alpha value is -4.01. The molecule has 1 heterocycles. The Labute approximate surface area is 238 Å². The molecule has 0 aliphatic heterocycles. The number of nitrogens with one attached hydrogen (secondary N) is 4. The van der Waals surface area contributed by atoms with Gasteiger partial charge in [0.1, 0.15) is 23.9 Å². The number of aromatic nitrogens is 2. The highest BCUT2D eigenvalue weighted by Crippen LogP contribution is 2.13. The molecule has 1 aromatic carbocycles. The molecule has 1 aromatic heterocycles. The van der Waals surface area contributed by atoms with Crippen molar-refractivity contribution in [2.24, 2.45) is 17.2 Å². The maximum absolute atomic E-state index is 13.5. The molecule has 14 nitrogen and oxygen atoms in total. The number of carboxylic acids is 1. The number of aliphatic carboxylic acids is 1. The molecule has 0 saturated carbocycles. The van der Waals surface area contributed by atoms with Crippen molar-refractivity contribution < 1.29 is 29.4 Å². The number of phenolic OH excluding ortho intramolecular Hbond substituents is 1. The summed E-state index contributed by atoms with van der Waals surface area (Å²) in [6.07, 6.45) is 5.89. The van der Waals surface area contributed by atoms with E-state index in [1.165, 1.54) is 24.7 Å². The molecule has 2 aromatic rings. The van der Waals surface area contributed by atoms with E-state index in [2.05, 4.69) is 25.9 Å². The third-order valence-electron chi connectivity index (χ3n) is 6.49. The van der Waals surface area contributed by atoms with Gasteiger partial charge in [-0.15, -0.1) is 0 Å². The number of benzene rings is 1. The van der Waals surface area contributed by atoms with E-state index in [1.54, 1.807) is 12.1 Å². The van der Waals surface area contributed by atoms with Crippen LogP contribution in [0.4, 0.5) is 0 Å². The molecule has 0 radical (unpaired) electrons. The van der Waals surface area contributed by atoms with Crippen LogP contribution < -0.4 is 33.2 Å². The highest BCUT2D eigenvalue weighted by molar-refractivity contribution is 5.94. The predicted molar refractivity (Wildman–Crippen MR) is 151 cm³/mol. The highest BCUT2D eigenvalue weighted by Gasteiger charge is 2.30. The molecule has 4 atom stereocenters. The lowest BCUT2D eigenvalue weighted by atomic mass is 10.0. The zero-order chi connectivity index (χ0) is 30.2. The van der Waals surface area contributed by atoms with Gasteiger partial charge in [-0.25, -0.2) is 9.78 Å². The smallest absolute Gasteiger partial charge is 0.326 e. The van der Waals surface area contributed by atoms with Crippen molar-refractivity contribution >= 4 is 23.7 Å². The van der Waals surface area contributed by atoms with E-state index >= 15 is 0 Å². The van der Waals surface area contributed by atoms with E-state index in [-0.39, 0.29) is 25.0 Å². The summed E-state index contributed by atoms with van der Waals surface area (Å²) in [7, 11) is 0. The van der Waals surface area contributed by atoms with E-state index in [4.69, 9.17) is 17.2 Å². The molecule has 0 aliphatic carbocycles. The van der Waals surface area contributed by atoms with E-state index in [1.807, 2.05) is 0 Å². The first-order valence-electron chi connectivity index (χ1n) is 13.7. The molecule has 0 aliphatic rings. The second-order valence-corrected chi connectivity index (χ2v) is 9.85. The normalized spacial score (nSPS) is 13.9. The van der Waals surface area contributed by atoms with Crippen LogP contribution in [0, 0.1) is 0 Å². The second kappa shape index (κ2) is 17.6. The number of carbonyl (C=O) groups excluding carboxylic acids is 3. The van der Waals surface area contributed by atoms with E-state index in [9.17, 15) is 29.4 Å². The standard InChI is InChI=1S/C27H42N8O6/c28-11-3-1-5-20(30)24(37)34-22(13-17-7-9-19(36)10-8-17)26(39)33-21(6-2-4-12-29)25(38)35-23(27(40)41)14-18-15-31-16-32-18/h7-10,15-16,20-23,36H,1-6,11-14,28-30H2,(H,31,32)(H,33,39)(H,34,37)(H,35,38)(H,40,41). The van der Waals surface area contributed by atoms with Crippen LogP contribution >= 0.6 is 0 Å². The first-order chi connectivity index (χ1) is 19.6. The molecule has 226 valence electrons. The number of hydrogen-bond donors (Lipinski definition) is 9. The Bertz CT molecular complexity index is 1100. The molecule has 41 heavy (non-hydrogen) atoms. The summed E-state index contributed by atoms with van der Waals surface area (Å²) < 4.78 is 0. The summed E-state index contributed by atoms with van der Waals surface area (Å²) in [6, 6.07) is 1.82. The quantitative estimate of drug-likeness (QED) is 0.0927. The minimum absolute atomic E-state index is 0.0356. The van der Waals surface area contributed by atoms with Crippen LogP contribution in [0.15, 0.2) is 36.8 Å².